The van der Waals surface area contributed by atoms with Crippen molar-refractivity contribution in [3.63, 3.8) is 0 Å². The van der Waals surface area contributed by atoms with E-state index in [0.717, 1.165) is 5.92 Å². The lowest BCUT2D eigenvalue weighted by Gasteiger charge is -2.33. The van der Waals surface area contributed by atoms with Crippen molar-refractivity contribution in [1.29, 1.82) is 0 Å². The van der Waals surface area contributed by atoms with Crippen LogP contribution in [0.1, 0.15) is 50.7 Å². The Morgan fingerprint density at radius 3 is 2.86 bits per heavy atom. The normalized spacial score (nSPS) is 25.4. The fourth-order valence-electron chi connectivity index (χ4n) is 4.39. The molecule has 3 rings (SSSR count). The summed E-state index contributed by atoms with van der Waals surface area (Å²) in [5.74, 6) is 0.763. The van der Waals surface area contributed by atoms with Crippen molar-refractivity contribution in [3.05, 3.63) is 29.3 Å². The van der Waals surface area contributed by atoms with Crippen LogP contribution >= 0.6 is 0 Å². The molecule has 2 heterocycles. The van der Waals surface area contributed by atoms with Crippen molar-refractivity contribution in [2.75, 3.05) is 25.0 Å². The Balaban J connectivity index is 1.80. The topological polar surface area (TPSA) is 15.3 Å². The van der Waals surface area contributed by atoms with Crippen LogP contribution in [-0.4, -0.2) is 25.7 Å². The largest absolute Gasteiger partial charge is 0.374 e. The maximum absolute atomic E-state index is 3.83. The van der Waals surface area contributed by atoms with Crippen LogP contribution < -0.4 is 10.2 Å². The number of hydrogen-bond acceptors (Lipinski definition) is 2. The minimum atomic E-state index is 0.350. The van der Waals surface area contributed by atoms with Crippen LogP contribution in [0, 0.1) is 5.92 Å². The second-order valence-corrected chi connectivity index (χ2v) is 7.57. The number of rotatable bonds is 4. The molecule has 1 saturated heterocycles. The summed E-state index contributed by atoms with van der Waals surface area (Å²) < 4.78 is 0. The first kappa shape index (κ1) is 14.9. The monoisotopic (exact) mass is 286 g/mol. The molecule has 2 heteroatoms. The average molecular weight is 286 g/mol. The number of hydrogen-bond donors (Lipinski definition) is 1. The highest BCUT2D eigenvalue weighted by molar-refractivity contribution is 5.56. The van der Waals surface area contributed by atoms with Crippen LogP contribution in [0.4, 0.5) is 5.69 Å². The molecular formula is C19H30N2. The van der Waals surface area contributed by atoms with Gasteiger partial charge in [0.1, 0.15) is 0 Å². The first-order valence-corrected chi connectivity index (χ1v) is 8.66. The van der Waals surface area contributed by atoms with Gasteiger partial charge in [0.25, 0.3) is 0 Å². The number of nitrogens with zero attached hydrogens (tertiary/aromatic N) is 1. The highest BCUT2D eigenvalue weighted by Gasteiger charge is 2.34. The molecule has 2 nitrogen and oxygen atoms in total. The summed E-state index contributed by atoms with van der Waals surface area (Å²) in [7, 11) is 2.22. The van der Waals surface area contributed by atoms with E-state index in [4.69, 9.17) is 0 Å². The predicted octanol–water partition coefficient (Wildman–Crippen LogP) is 3.78. The molecule has 1 atom stereocenters. The van der Waals surface area contributed by atoms with Crippen LogP contribution in [0.25, 0.3) is 0 Å². The Labute approximate surface area is 129 Å². The van der Waals surface area contributed by atoms with Gasteiger partial charge in [-0.2, -0.15) is 0 Å². The van der Waals surface area contributed by atoms with Gasteiger partial charge in [-0.25, -0.2) is 0 Å². The molecule has 1 aromatic rings. The molecule has 0 saturated carbocycles. The fraction of sp³-hybridized carbons (Fsp3) is 0.684. The summed E-state index contributed by atoms with van der Waals surface area (Å²) >= 11 is 0. The van der Waals surface area contributed by atoms with E-state index < -0.39 is 0 Å². The van der Waals surface area contributed by atoms with E-state index in [2.05, 4.69) is 49.3 Å². The lowest BCUT2D eigenvalue weighted by atomic mass is 9.81. The molecule has 1 aromatic carbocycles. The molecule has 0 aliphatic carbocycles. The number of benzene rings is 1. The van der Waals surface area contributed by atoms with E-state index in [0.29, 0.717) is 5.54 Å². The molecule has 1 fully saturated rings. The second kappa shape index (κ2) is 6.00. The van der Waals surface area contributed by atoms with Gasteiger partial charge in [-0.3, -0.25) is 0 Å². The number of fused-ring (bicyclic) bond motifs is 1. The van der Waals surface area contributed by atoms with Gasteiger partial charge < -0.3 is 10.2 Å². The minimum Gasteiger partial charge on any atom is -0.374 e. The van der Waals surface area contributed by atoms with Crippen molar-refractivity contribution in [2.45, 2.75) is 57.9 Å². The SMILES string of the molecule is CC(C)CC1(Cc2ccc3c(c2)CCCN3C)CCCN1. The Kier molecular flexibility index (Phi) is 4.26. The first-order valence-electron chi connectivity index (χ1n) is 8.66. The molecule has 1 N–H and O–H groups in total. The van der Waals surface area contributed by atoms with Gasteiger partial charge in [0.2, 0.25) is 0 Å². The van der Waals surface area contributed by atoms with Gasteiger partial charge in [-0.05, 0) is 68.2 Å². The van der Waals surface area contributed by atoms with E-state index in [9.17, 15) is 0 Å². The second-order valence-electron chi connectivity index (χ2n) is 7.57. The minimum absolute atomic E-state index is 0.350. The smallest absolute Gasteiger partial charge is 0.0396 e. The predicted molar refractivity (Wildman–Crippen MR) is 91.2 cm³/mol. The molecule has 0 spiro atoms. The summed E-state index contributed by atoms with van der Waals surface area (Å²) in [6, 6.07) is 7.19. The van der Waals surface area contributed by atoms with Crippen LogP contribution in [-0.2, 0) is 12.8 Å². The fourth-order valence-corrected chi connectivity index (χ4v) is 4.39. The maximum Gasteiger partial charge on any atom is 0.0396 e. The molecule has 0 amide bonds. The zero-order valence-electron chi connectivity index (χ0n) is 13.9. The van der Waals surface area contributed by atoms with Gasteiger partial charge in [-0.1, -0.05) is 26.0 Å². The van der Waals surface area contributed by atoms with Gasteiger partial charge in [0.05, 0.1) is 0 Å². The van der Waals surface area contributed by atoms with Crippen LogP contribution in [0.3, 0.4) is 0 Å². The van der Waals surface area contributed by atoms with E-state index in [-0.39, 0.29) is 0 Å². The number of aryl methyl sites for hydroxylation is 1. The zero-order chi connectivity index (χ0) is 14.9. The van der Waals surface area contributed by atoms with Crippen molar-refractivity contribution < 1.29 is 0 Å². The van der Waals surface area contributed by atoms with Gasteiger partial charge in [0.15, 0.2) is 0 Å². The average Bonchev–Trinajstić information content (AvgIpc) is 2.86. The summed E-state index contributed by atoms with van der Waals surface area (Å²) in [5, 5.41) is 3.83. The van der Waals surface area contributed by atoms with Gasteiger partial charge in [0, 0.05) is 24.8 Å². The molecule has 0 bridgehead atoms. The van der Waals surface area contributed by atoms with Gasteiger partial charge in [-0.15, -0.1) is 0 Å². The van der Waals surface area contributed by atoms with Crippen molar-refractivity contribution in [2.24, 2.45) is 5.92 Å². The van der Waals surface area contributed by atoms with E-state index in [1.54, 1.807) is 5.56 Å². The Morgan fingerprint density at radius 1 is 1.29 bits per heavy atom. The summed E-state index contributed by atoms with van der Waals surface area (Å²) in [6.45, 7) is 7.10. The Hall–Kier alpha value is -1.02. The summed E-state index contributed by atoms with van der Waals surface area (Å²) in [4.78, 5) is 2.40. The lowest BCUT2D eigenvalue weighted by Crippen LogP contribution is -2.43. The first-order chi connectivity index (χ1) is 10.1. The van der Waals surface area contributed by atoms with E-state index in [1.165, 1.54) is 62.9 Å². The molecule has 2 aliphatic rings. The van der Waals surface area contributed by atoms with Crippen LogP contribution in [0.15, 0.2) is 18.2 Å². The van der Waals surface area contributed by atoms with Gasteiger partial charge >= 0.3 is 0 Å². The van der Waals surface area contributed by atoms with Crippen molar-refractivity contribution in [3.8, 4) is 0 Å². The third kappa shape index (κ3) is 3.26. The highest BCUT2D eigenvalue weighted by atomic mass is 15.1. The lowest BCUT2D eigenvalue weighted by molar-refractivity contribution is 0.301. The third-order valence-corrected chi connectivity index (χ3v) is 5.17. The zero-order valence-corrected chi connectivity index (χ0v) is 13.9. The molecule has 21 heavy (non-hydrogen) atoms. The van der Waals surface area contributed by atoms with Crippen molar-refractivity contribution >= 4 is 5.69 Å². The highest BCUT2D eigenvalue weighted by Crippen LogP contribution is 2.33. The van der Waals surface area contributed by atoms with E-state index in [1.807, 2.05) is 0 Å². The molecule has 2 aliphatic heterocycles. The molecule has 0 aromatic heterocycles. The summed E-state index contributed by atoms with van der Waals surface area (Å²) in [6.07, 6.45) is 7.70. The van der Waals surface area contributed by atoms with Crippen molar-refractivity contribution in [1.82, 2.24) is 5.32 Å². The van der Waals surface area contributed by atoms with Crippen LogP contribution in [0.5, 0.6) is 0 Å². The molecule has 116 valence electrons. The quantitative estimate of drug-likeness (QED) is 0.906. The van der Waals surface area contributed by atoms with Crippen LogP contribution in [0.2, 0.25) is 0 Å². The number of nitrogens with one attached hydrogen (secondary N) is 1. The Bertz CT molecular complexity index is 486. The van der Waals surface area contributed by atoms with E-state index >= 15 is 0 Å². The Morgan fingerprint density at radius 2 is 2.14 bits per heavy atom. The standard InChI is InChI=1S/C19H30N2/c1-15(2)13-19(9-5-10-20-19)14-16-7-8-18-17(12-16)6-4-11-21(18)3/h7-8,12,15,20H,4-6,9-11,13-14H2,1-3H3. The molecule has 1 unspecified atom stereocenters. The molecular weight excluding hydrogens is 256 g/mol. The molecule has 0 radical (unpaired) electrons. The maximum atomic E-state index is 3.83. The number of anilines is 1. The summed E-state index contributed by atoms with van der Waals surface area (Å²) in [5.41, 5.74) is 4.88. The third-order valence-electron chi connectivity index (χ3n) is 5.17.